The van der Waals surface area contributed by atoms with Gasteiger partial charge in [0, 0.05) is 49.8 Å². The van der Waals surface area contributed by atoms with Gasteiger partial charge in [-0.15, -0.1) is 0 Å². The molecule has 11 nitrogen and oxygen atoms in total. The van der Waals surface area contributed by atoms with E-state index in [2.05, 4.69) is 39.5 Å². The Labute approximate surface area is 280 Å². The molecule has 11 heteroatoms. The van der Waals surface area contributed by atoms with Gasteiger partial charge in [-0.05, 0) is 41.7 Å². The van der Waals surface area contributed by atoms with Crippen molar-refractivity contribution in [3.63, 3.8) is 0 Å². The lowest BCUT2D eigenvalue weighted by Crippen LogP contribution is -2.57. The van der Waals surface area contributed by atoms with Gasteiger partial charge in [-0.25, -0.2) is 0 Å². The van der Waals surface area contributed by atoms with Gasteiger partial charge in [0.15, 0.2) is 6.29 Å². The van der Waals surface area contributed by atoms with Gasteiger partial charge >= 0.3 is 5.97 Å². The zero-order valence-corrected chi connectivity index (χ0v) is 27.2. The Morgan fingerprint density at radius 2 is 1.58 bits per heavy atom. The van der Waals surface area contributed by atoms with E-state index >= 15 is 0 Å². The molecule has 4 unspecified atom stereocenters. The number of ether oxygens (including phenoxy) is 2. The summed E-state index contributed by atoms with van der Waals surface area (Å²) in [7, 11) is 0. The van der Waals surface area contributed by atoms with Crippen LogP contribution in [-0.4, -0.2) is 70.8 Å². The van der Waals surface area contributed by atoms with Crippen LogP contribution in [0.15, 0.2) is 78.9 Å². The highest BCUT2D eigenvalue weighted by atomic mass is 16.7. The van der Waals surface area contributed by atoms with E-state index in [1.54, 1.807) is 0 Å². The van der Waals surface area contributed by atoms with Gasteiger partial charge in [-0.3, -0.25) is 14.4 Å². The number of likely N-dealkylation sites (tertiary alicyclic amines) is 1. The lowest BCUT2D eigenvalue weighted by Gasteiger charge is -2.46. The molecule has 3 heterocycles. The number of aliphatic hydroxyl groups is 1. The van der Waals surface area contributed by atoms with Crippen LogP contribution >= 0.6 is 0 Å². The van der Waals surface area contributed by atoms with Crippen LogP contribution in [0.4, 0.5) is 5.69 Å². The number of carbonyl (C=O) groups is 3. The summed E-state index contributed by atoms with van der Waals surface area (Å²) in [5.41, 5.74) is 4.06. The predicted octanol–water partition coefficient (Wildman–Crippen LogP) is 3.88. The molecule has 3 aliphatic heterocycles. The number of aliphatic hydroxyl groups excluding tert-OH is 1. The average Bonchev–Trinajstić information content (AvgIpc) is 3.43. The maximum absolute atomic E-state index is 13.2. The lowest BCUT2D eigenvalue weighted by atomic mass is 9.84. The second-order valence-electron chi connectivity index (χ2n) is 13.0. The summed E-state index contributed by atoms with van der Waals surface area (Å²) in [6.07, 6.45) is 0.136. The van der Waals surface area contributed by atoms with Crippen molar-refractivity contribution in [1.29, 1.82) is 0 Å². The number of piperidine rings is 1. The number of carboxylic acid groups (broad SMARTS) is 1. The SMILES string of the molecule is CC1C(CN2CCC3(CC2)C(=O)NCN3c2ccccc2)OC(c2ccc(CNC(=O)CCC(=O)O)cc2)OC1c1ccc(CO)cc1. The Bertz CT molecular complexity index is 1560. The molecule has 3 aromatic carbocycles. The first-order valence-electron chi connectivity index (χ1n) is 16.7. The molecule has 0 saturated carbocycles. The van der Waals surface area contributed by atoms with Crippen LogP contribution in [0.3, 0.4) is 0 Å². The second-order valence-corrected chi connectivity index (χ2v) is 13.0. The van der Waals surface area contributed by atoms with Crippen molar-refractivity contribution in [2.75, 3.05) is 31.2 Å². The number of aliphatic carboxylic acids is 1. The normalized spacial score (nSPS) is 24.0. The minimum Gasteiger partial charge on any atom is -0.481 e. The number of nitrogens with zero attached hydrogens (tertiary/aromatic N) is 2. The summed E-state index contributed by atoms with van der Waals surface area (Å²) in [6, 6.07) is 25.6. The second kappa shape index (κ2) is 14.9. The Balaban J connectivity index is 1.15. The van der Waals surface area contributed by atoms with E-state index in [9.17, 15) is 19.5 Å². The third kappa shape index (κ3) is 7.39. The van der Waals surface area contributed by atoms with Crippen molar-refractivity contribution >= 4 is 23.5 Å². The standard InChI is InChI=1S/C37H44N4O7/c1-25-31(22-40-19-17-37(18-20-40)36(46)39-24-41(37)30-5-3-2-4-6-30)47-35(48-34(25)28-11-9-27(23-42)10-12-28)29-13-7-26(8-14-29)21-38-32(43)15-16-33(44)45/h2-14,25,31,34-35,42H,15-24H2,1H3,(H,38,43)(H,39,46)(H,44,45). The van der Waals surface area contributed by atoms with Gasteiger partial charge in [0.05, 0.1) is 31.9 Å². The van der Waals surface area contributed by atoms with Gasteiger partial charge in [-0.1, -0.05) is 73.7 Å². The molecular formula is C37H44N4O7. The molecule has 0 radical (unpaired) electrons. The van der Waals surface area contributed by atoms with Gasteiger partial charge in [0.2, 0.25) is 11.8 Å². The first-order chi connectivity index (χ1) is 23.3. The van der Waals surface area contributed by atoms with E-state index in [0.717, 1.165) is 53.9 Å². The van der Waals surface area contributed by atoms with Crippen LogP contribution in [0.1, 0.15) is 67.3 Å². The molecule has 0 aromatic heterocycles. The molecule has 0 bridgehead atoms. The van der Waals surface area contributed by atoms with Crippen molar-refractivity contribution in [2.45, 2.75) is 69.8 Å². The van der Waals surface area contributed by atoms with Gasteiger partial charge in [0.1, 0.15) is 5.54 Å². The van der Waals surface area contributed by atoms with Crippen LogP contribution < -0.4 is 15.5 Å². The van der Waals surface area contributed by atoms with Crippen molar-refractivity contribution in [3.05, 3.63) is 101 Å². The van der Waals surface area contributed by atoms with Crippen molar-refractivity contribution < 1.29 is 34.1 Å². The van der Waals surface area contributed by atoms with E-state index in [-0.39, 0.29) is 49.4 Å². The third-order valence-electron chi connectivity index (χ3n) is 9.96. The number of hydrogen-bond acceptors (Lipinski definition) is 8. The summed E-state index contributed by atoms with van der Waals surface area (Å²) < 4.78 is 13.3. The van der Waals surface area contributed by atoms with E-state index in [0.29, 0.717) is 19.8 Å². The zero-order valence-electron chi connectivity index (χ0n) is 27.2. The van der Waals surface area contributed by atoms with E-state index < -0.39 is 17.8 Å². The van der Waals surface area contributed by atoms with Crippen molar-refractivity contribution in [3.8, 4) is 0 Å². The largest absolute Gasteiger partial charge is 0.481 e. The van der Waals surface area contributed by atoms with Gasteiger partial charge in [0.25, 0.3) is 0 Å². The van der Waals surface area contributed by atoms with E-state index in [4.69, 9.17) is 14.6 Å². The number of benzene rings is 3. The van der Waals surface area contributed by atoms with E-state index in [1.807, 2.05) is 66.7 Å². The Morgan fingerprint density at radius 3 is 2.25 bits per heavy atom. The first kappa shape index (κ1) is 33.6. The highest BCUT2D eigenvalue weighted by Gasteiger charge is 2.51. The zero-order chi connectivity index (χ0) is 33.7. The topological polar surface area (TPSA) is 141 Å². The molecule has 3 saturated heterocycles. The average molecular weight is 657 g/mol. The van der Waals surface area contributed by atoms with Crippen molar-refractivity contribution in [1.82, 2.24) is 15.5 Å². The molecule has 2 amide bonds. The number of nitrogens with one attached hydrogen (secondary N) is 2. The molecule has 3 fully saturated rings. The molecule has 3 aliphatic rings. The number of rotatable bonds is 11. The molecule has 6 rings (SSSR count). The van der Waals surface area contributed by atoms with Crippen LogP contribution in [0, 0.1) is 5.92 Å². The van der Waals surface area contributed by atoms with Crippen LogP contribution in [0.5, 0.6) is 0 Å². The molecule has 4 atom stereocenters. The molecule has 0 aliphatic carbocycles. The van der Waals surface area contributed by atoms with Crippen LogP contribution in [-0.2, 0) is 37.0 Å². The fraction of sp³-hybridized carbons (Fsp3) is 0.432. The highest BCUT2D eigenvalue weighted by molar-refractivity contribution is 5.93. The number of amides is 2. The summed E-state index contributed by atoms with van der Waals surface area (Å²) in [4.78, 5) is 40.6. The number of carbonyl (C=O) groups excluding carboxylic acids is 2. The monoisotopic (exact) mass is 656 g/mol. The Morgan fingerprint density at radius 1 is 0.917 bits per heavy atom. The minimum absolute atomic E-state index is 0.0213. The summed E-state index contributed by atoms with van der Waals surface area (Å²) in [5, 5.41) is 24.3. The number of hydrogen-bond donors (Lipinski definition) is 4. The molecule has 1 spiro atoms. The van der Waals surface area contributed by atoms with Crippen LogP contribution in [0.25, 0.3) is 0 Å². The van der Waals surface area contributed by atoms with E-state index in [1.165, 1.54) is 0 Å². The summed E-state index contributed by atoms with van der Waals surface area (Å²) in [6.45, 7) is 5.13. The maximum atomic E-state index is 13.2. The Hall–Kier alpha value is -4.29. The fourth-order valence-corrected chi connectivity index (χ4v) is 7.02. The smallest absolute Gasteiger partial charge is 0.303 e. The third-order valence-corrected chi connectivity index (χ3v) is 9.96. The lowest BCUT2D eigenvalue weighted by molar-refractivity contribution is -0.276. The molecule has 48 heavy (non-hydrogen) atoms. The number of anilines is 1. The molecule has 4 N–H and O–H groups in total. The number of para-hydroxylation sites is 1. The fourth-order valence-electron chi connectivity index (χ4n) is 7.02. The molecule has 254 valence electrons. The molecular weight excluding hydrogens is 612 g/mol. The highest BCUT2D eigenvalue weighted by Crippen LogP contribution is 2.43. The first-order valence-corrected chi connectivity index (χ1v) is 16.7. The summed E-state index contributed by atoms with van der Waals surface area (Å²) in [5.74, 6) is -1.20. The quantitative estimate of drug-likeness (QED) is 0.242. The number of carboxylic acids is 1. The van der Waals surface area contributed by atoms with Gasteiger partial charge < -0.3 is 40.1 Å². The summed E-state index contributed by atoms with van der Waals surface area (Å²) >= 11 is 0. The minimum atomic E-state index is -1.00. The van der Waals surface area contributed by atoms with Crippen LogP contribution in [0.2, 0.25) is 0 Å². The Kier molecular flexibility index (Phi) is 10.4. The van der Waals surface area contributed by atoms with Gasteiger partial charge in [-0.2, -0.15) is 0 Å². The molecule has 3 aromatic rings. The van der Waals surface area contributed by atoms with Crippen molar-refractivity contribution in [2.24, 2.45) is 5.92 Å². The maximum Gasteiger partial charge on any atom is 0.303 e. The predicted molar refractivity (Wildman–Crippen MR) is 178 cm³/mol.